The van der Waals surface area contributed by atoms with Gasteiger partial charge >= 0.3 is 5.69 Å². The second-order valence-corrected chi connectivity index (χ2v) is 9.98. The van der Waals surface area contributed by atoms with E-state index in [1.165, 1.54) is 21.5 Å². The van der Waals surface area contributed by atoms with Gasteiger partial charge in [-0.1, -0.05) is 42.3 Å². The number of aryl methyl sites for hydroxylation is 3. The van der Waals surface area contributed by atoms with Crippen molar-refractivity contribution in [2.24, 2.45) is 0 Å². The van der Waals surface area contributed by atoms with E-state index in [2.05, 4.69) is 38.2 Å². The molecule has 0 aliphatic heterocycles. The van der Waals surface area contributed by atoms with Crippen molar-refractivity contribution in [3.05, 3.63) is 97.0 Å². The normalized spacial score (nSPS) is 11.2. The predicted molar refractivity (Wildman–Crippen MR) is 144 cm³/mol. The Morgan fingerprint density at radius 3 is 2.34 bits per heavy atom. The average molecular weight is 490 g/mol. The summed E-state index contributed by atoms with van der Waals surface area (Å²) in [5, 5.41) is 4.75. The van der Waals surface area contributed by atoms with E-state index in [9.17, 15) is 14.4 Å². The summed E-state index contributed by atoms with van der Waals surface area (Å²) < 4.78 is 3.70. The summed E-state index contributed by atoms with van der Waals surface area (Å²) in [6.45, 7) is 6.98. The van der Waals surface area contributed by atoms with Gasteiger partial charge in [0.2, 0.25) is 5.91 Å². The number of rotatable bonds is 9. The van der Waals surface area contributed by atoms with E-state index >= 15 is 0 Å². The monoisotopic (exact) mass is 489 g/mol. The number of benzene rings is 2. The highest BCUT2D eigenvalue weighted by molar-refractivity contribution is 7.17. The van der Waals surface area contributed by atoms with Gasteiger partial charge in [0.05, 0.1) is 12.1 Å². The Hall–Kier alpha value is -3.45. The first-order valence-electron chi connectivity index (χ1n) is 12.0. The number of amides is 1. The fraction of sp³-hybridized carbons (Fsp3) is 0.321. The van der Waals surface area contributed by atoms with Crippen LogP contribution in [0.1, 0.15) is 47.9 Å². The topological polar surface area (TPSA) is 73.1 Å². The number of anilines is 1. The largest absolute Gasteiger partial charge is 0.331 e. The Balaban J connectivity index is 1.46. The number of nitrogens with zero attached hydrogens (tertiary/aromatic N) is 2. The molecule has 2 aromatic heterocycles. The molecule has 0 bridgehead atoms. The molecule has 4 aromatic rings. The van der Waals surface area contributed by atoms with Crippen LogP contribution in [0.2, 0.25) is 0 Å². The summed E-state index contributed by atoms with van der Waals surface area (Å²) >= 11 is 1.37. The number of thiophene rings is 1. The van der Waals surface area contributed by atoms with Crippen molar-refractivity contribution in [3.63, 3.8) is 0 Å². The fourth-order valence-electron chi connectivity index (χ4n) is 4.58. The van der Waals surface area contributed by atoms with Crippen LogP contribution in [-0.4, -0.2) is 15.0 Å². The van der Waals surface area contributed by atoms with Crippen LogP contribution in [-0.2, 0) is 17.9 Å². The second kappa shape index (κ2) is 10.9. The molecule has 182 valence electrons. The molecule has 6 nitrogen and oxygen atoms in total. The molecule has 2 aromatic carbocycles. The lowest BCUT2D eigenvalue weighted by atomic mass is 10.00. The summed E-state index contributed by atoms with van der Waals surface area (Å²) in [5.41, 5.74) is 5.57. The van der Waals surface area contributed by atoms with Crippen LogP contribution in [0.25, 0.3) is 10.2 Å². The number of hydrogen-bond acceptors (Lipinski definition) is 4. The standard InChI is InChI=1S/C28H31N3O3S/c1-19-16-20(2)23(21(3)17-19)18-31-24-13-15-35-26(24)27(33)30(28(31)34)14-9-5-8-12-25(32)29-22-10-6-4-7-11-22/h4,6-7,10-11,13,15-17H,5,8-9,12,14,18H2,1-3H3,(H,29,32). The van der Waals surface area contributed by atoms with Crippen molar-refractivity contribution in [1.82, 2.24) is 9.13 Å². The van der Waals surface area contributed by atoms with Crippen LogP contribution in [0.5, 0.6) is 0 Å². The third-order valence-electron chi connectivity index (χ3n) is 6.34. The van der Waals surface area contributed by atoms with Gasteiger partial charge in [0.15, 0.2) is 0 Å². The molecule has 0 atom stereocenters. The van der Waals surface area contributed by atoms with Gasteiger partial charge in [-0.2, -0.15) is 0 Å². The van der Waals surface area contributed by atoms with Gasteiger partial charge < -0.3 is 5.32 Å². The first kappa shape index (κ1) is 24.7. The number of nitrogens with one attached hydrogen (secondary N) is 1. The molecule has 1 N–H and O–H groups in total. The Kier molecular flexibility index (Phi) is 7.66. The van der Waals surface area contributed by atoms with Crippen molar-refractivity contribution in [1.29, 1.82) is 0 Å². The first-order chi connectivity index (χ1) is 16.8. The molecule has 7 heteroatoms. The predicted octanol–water partition coefficient (Wildman–Crippen LogP) is 5.40. The molecular formula is C28H31N3O3S. The maximum Gasteiger partial charge on any atom is 0.331 e. The van der Waals surface area contributed by atoms with E-state index in [-0.39, 0.29) is 17.2 Å². The van der Waals surface area contributed by atoms with Crippen molar-refractivity contribution in [3.8, 4) is 0 Å². The van der Waals surface area contributed by atoms with Crippen LogP contribution in [0.3, 0.4) is 0 Å². The molecule has 0 spiro atoms. The van der Waals surface area contributed by atoms with E-state index in [0.29, 0.717) is 42.6 Å². The summed E-state index contributed by atoms with van der Waals surface area (Å²) in [6.07, 6.45) is 2.52. The summed E-state index contributed by atoms with van der Waals surface area (Å²) in [7, 11) is 0. The van der Waals surface area contributed by atoms with Crippen LogP contribution in [0.15, 0.2) is 63.5 Å². The molecule has 35 heavy (non-hydrogen) atoms. The molecule has 0 aliphatic carbocycles. The minimum absolute atomic E-state index is 0.0282. The molecule has 0 saturated heterocycles. The minimum atomic E-state index is -0.276. The van der Waals surface area contributed by atoms with E-state index in [1.807, 2.05) is 41.8 Å². The van der Waals surface area contributed by atoms with Gasteiger partial charge in [-0.15, -0.1) is 11.3 Å². The number of carbonyl (C=O) groups is 1. The maximum absolute atomic E-state index is 13.4. The molecule has 0 saturated carbocycles. The van der Waals surface area contributed by atoms with E-state index in [4.69, 9.17) is 0 Å². The zero-order chi connectivity index (χ0) is 24.9. The van der Waals surface area contributed by atoms with E-state index in [1.54, 1.807) is 4.57 Å². The molecule has 0 aliphatic rings. The van der Waals surface area contributed by atoms with Gasteiger partial charge in [-0.05, 0) is 73.9 Å². The highest BCUT2D eigenvalue weighted by Crippen LogP contribution is 2.21. The van der Waals surface area contributed by atoms with Crippen LogP contribution in [0, 0.1) is 20.8 Å². The molecular weight excluding hydrogens is 458 g/mol. The summed E-state index contributed by atoms with van der Waals surface area (Å²) in [6, 6.07) is 15.5. The smallest absolute Gasteiger partial charge is 0.326 e. The quantitative estimate of drug-likeness (QED) is 0.320. The number of aromatic nitrogens is 2. The highest BCUT2D eigenvalue weighted by atomic mass is 32.1. The van der Waals surface area contributed by atoms with Crippen molar-refractivity contribution < 1.29 is 4.79 Å². The zero-order valence-corrected chi connectivity index (χ0v) is 21.3. The fourth-order valence-corrected chi connectivity index (χ4v) is 5.42. The van der Waals surface area contributed by atoms with Crippen LogP contribution >= 0.6 is 11.3 Å². The Labute approximate surface area is 208 Å². The molecule has 0 unspecified atom stereocenters. The van der Waals surface area contributed by atoms with Crippen LogP contribution in [0.4, 0.5) is 5.69 Å². The summed E-state index contributed by atoms with van der Waals surface area (Å²) in [5.74, 6) is -0.0282. The second-order valence-electron chi connectivity index (χ2n) is 9.06. The van der Waals surface area contributed by atoms with Gasteiger partial charge in [-0.25, -0.2) is 4.79 Å². The van der Waals surface area contributed by atoms with Gasteiger partial charge in [0, 0.05) is 18.7 Å². The third kappa shape index (κ3) is 5.62. The highest BCUT2D eigenvalue weighted by Gasteiger charge is 2.16. The number of para-hydroxylation sites is 1. The number of carbonyl (C=O) groups excluding carboxylic acids is 1. The van der Waals surface area contributed by atoms with Crippen LogP contribution < -0.4 is 16.6 Å². The lowest BCUT2D eigenvalue weighted by molar-refractivity contribution is -0.116. The number of unbranched alkanes of at least 4 members (excludes halogenated alkanes) is 2. The number of hydrogen-bond donors (Lipinski definition) is 1. The molecule has 0 fully saturated rings. The molecule has 2 heterocycles. The van der Waals surface area contributed by atoms with Crippen molar-refractivity contribution in [2.45, 2.75) is 59.5 Å². The lowest BCUT2D eigenvalue weighted by Gasteiger charge is -2.16. The SMILES string of the molecule is Cc1cc(C)c(Cn2c(=O)n(CCCCCC(=O)Nc3ccccc3)c(=O)c3sccc32)c(C)c1. The Bertz CT molecular complexity index is 1440. The molecule has 4 rings (SSSR count). The average Bonchev–Trinajstić information content (AvgIpc) is 3.30. The van der Waals surface area contributed by atoms with Gasteiger partial charge in [0.1, 0.15) is 4.70 Å². The van der Waals surface area contributed by atoms with E-state index < -0.39 is 0 Å². The Morgan fingerprint density at radius 1 is 0.914 bits per heavy atom. The lowest BCUT2D eigenvalue weighted by Crippen LogP contribution is -2.40. The van der Waals surface area contributed by atoms with E-state index in [0.717, 1.165) is 28.8 Å². The van der Waals surface area contributed by atoms with Gasteiger partial charge in [0.25, 0.3) is 5.56 Å². The zero-order valence-electron chi connectivity index (χ0n) is 20.5. The first-order valence-corrected chi connectivity index (χ1v) is 12.9. The third-order valence-corrected chi connectivity index (χ3v) is 7.23. The molecule has 1 amide bonds. The van der Waals surface area contributed by atoms with Gasteiger partial charge in [-0.3, -0.25) is 18.7 Å². The Morgan fingerprint density at radius 2 is 1.63 bits per heavy atom. The van der Waals surface area contributed by atoms with Crippen molar-refractivity contribution in [2.75, 3.05) is 5.32 Å². The summed E-state index contributed by atoms with van der Waals surface area (Å²) in [4.78, 5) is 38.6. The van der Waals surface area contributed by atoms with Crippen molar-refractivity contribution >= 4 is 33.1 Å². The number of fused-ring (bicyclic) bond motifs is 1. The molecule has 0 radical (unpaired) electrons. The minimum Gasteiger partial charge on any atom is -0.326 e. The maximum atomic E-state index is 13.4.